The molecule has 0 aromatic heterocycles. The molecule has 1 aromatic rings. The number of rotatable bonds is 7. The Labute approximate surface area is 104 Å². The van der Waals surface area contributed by atoms with Crippen LogP contribution in [0, 0.1) is 13.8 Å². The molecule has 3 N–H and O–H groups in total. The molecule has 0 atom stereocenters. The minimum absolute atomic E-state index is 0.758. The van der Waals surface area contributed by atoms with Gasteiger partial charge in [0.2, 0.25) is 0 Å². The molecule has 0 radical (unpaired) electrons. The van der Waals surface area contributed by atoms with E-state index in [0.29, 0.717) is 0 Å². The van der Waals surface area contributed by atoms with Crippen LogP contribution in [0.5, 0.6) is 5.75 Å². The van der Waals surface area contributed by atoms with E-state index in [1.165, 1.54) is 16.7 Å². The second kappa shape index (κ2) is 7.30. The molecule has 0 unspecified atom stereocenters. The van der Waals surface area contributed by atoms with Crippen molar-refractivity contribution >= 4 is 0 Å². The van der Waals surface area contributed by atoms with Gasteiger partial charge in [0.25, 0.3) is 0 Å². The van der Waals surface area contributed by atoms with Gasteiger partial charge >= 0.3 is 0 Å². The van der Waals surface area contributed by atoms with E-state index in [1.807, 2.05) is 0 Å². The van der Waals surface area contributed by atoms with Gasteiger partial charge in [-0.3, -0.25) is 0 Å². The van der Waals surface area contributed by atoms with E-state index in [0.717, 1.165) is 38.2 Å². The lowest BCUT2D eigenvalue weighted by Crippen LogP contribution is -2.20. The zero-order valence-corrected chi connectivity index (χ0v) is 11.2. The molecule has 1 aromatic carbocycles. The van der Waals surface area contributed by atoms with Crippen LogP contribution < -0.4 is 15.8 Å². The highest BCUT2D eigenvalue weighted by Gasteiger charge is 2.04. The molecule has 96 valence electrons. The highest BCUT2D eigenvalue weighted by Crippen LogP contribution is 2.24. The van der Waals surface area contributed by atoms with Crippen molar-refractivity contribution in [2.24, 2.45) is 5.73 Å². The van der Waals surface area contributed by atoms with E-state index in [1.54, 1.807) is 7.11 Å². The number of nitrogens with two attached hydrogens (primary N) is 1. The number of methoxy groups -OCH3 is 1. The second-order valence-corrected chi connectivity index (χ2v) is 4.41. The number of ether oxygens (including phenoxy) is 1. The lowest BCUT2D eigenvalue weighted by atomic mass is 10.0. The Bertz CT molecular complexity index is 327. The van der Waals surface area contributed by atoms with Crippen molar-refractivity contribution in [3.8, 4) is 5.75 Å². The highest BCUT2D eigenvalue weighted by molar-refractivity contribution is 5.43. The summed E-state index contributed by atoms with van der Waals surface area (Å²) in [6, 6.07) is 4.41. The fourth-order valence-electron chi connectivity index (χ4n) is 2.09. The van der Waals surface area contributed by atoms with Crippen molar-refractivity contribution in [1.82, 2.24) is 5.32 Å². The average molecular weight is 236 g/mol. The van der Waals surface area contributed by atoms with E-state index < -0.39 is 0 Å². The molecule has 0 spiro atoms. The molecular formula is C14H24N2O. The first-order chi connectivity index (χ1) is 8.19. The van der Waals surface area contributed by atoms with Crippen molar-refractivity contribution in [2.45, 2.75) is 26.7 Å². The first-order valence-corrected chi connectivity index (χ1v) is 6.24. The molecule has 1 rings (SSSR count). The van der Waals surface area contributed by atoms with Gasteiger partial charge in [-0.05, 0) is 63.0 Å². The van der Waals surface area contributed by atoms with Gasteiger partial charge < -0.3 is 15.8 Å². The smallest absolute Gasteiger partial charge is 0.124 e. The van der Waals surface area contributed by atoms with Gasteiger partial charge in [-0.2, -0.15) is 0 Å². The predicted octanol–water partition coefficient (Wildman–Crippen LogP) is 1.79. The molecule has 0 aliphatic heterocycles. The summed E-state index contributed by atoms with van der Waals surface area (Å²) in [5.41, 5.74) is 9.23. The summed E-state index contributed by atoms with van der Waals surface area (Å²) < 4.78 is 5.36. The number of nitrogens with one attached hydrogen (secondary N) is 1. The van der Waals surface area contributed by atoms with Gasteiger partial charge in [0.1, 0.15) is 5.75 Å². The molecule has 0 saturated carbocycles. The number of benzene rings is 1. The van der Waals surface area contributed by atoms with Crippen molar-refractivity contribution < 1.29 is 4.74 Å². The average Bonchev–Trinajstić information content (AvgIpc) is 2.28. The maximum Gasteiger partial charge on any atom is 0.124 e. The van der Waals surface area contributed by atoms with Crippen LogP contribution in [-0.4, -0.2) is 26.7 Å². The Morgan fingerprint density at radius 2 is 1.82 bits per heavy atom. The third-order valence-electron chi connectivity index (χ3n) is 2.87. The van der Waals surface area contributed by atoms with E-state index >= 15 is 0 Å². The Hall–Kier alpha value is -1.06. The monoisotopic (exact) mass is 236 g/mol. The quantitative estimate of drug-likeness (QED) is 0.710. The van der Waals surface area contributed by atoms with Gasteiger partial charge in [-0.25, -0.2) is 0 Å². The number of hydrogen-bond donors (Lipinski definition) is 2. The molecule has 3 heteroatoms. The summed E-state index contributed by atoms with van der Waals surface area (Å²) in [7, 11) is 1.73. The first-order valence-electron chi connectivity index (χ1n) is 6.24. The van der Waals surface area contributed by atoms with Gasteiger partial charge in [-0.15, -0.1) is 0 Å². The molecule has 0 aliphatic carbocycles. The zero-order chi connectivity index (χ0) is 12.7. The normalized spacial score (nSPS) is 10.6. The molecule has 0 aliphatic rings. The molecule has 0 saturated heterocycles. The molecule has 0 bridgehead atoms. The second-order valence-electron chi connectivity index (χ2n) is 4.41. The van der Waals surface area contributed by atoms with E-state index in [2.05, 4.69) is 31.3 Å². The maximum absolute atomic E-state index is 5.44. The molecule has 0 fully saturated rings. The predicted molar refractivity (Wildman–Crippen MR) is 72.7 cm³/mol. The lowest BCUT2D eigenvalue weighted by molar-refractivity contribution is 0.408. The van der Waals surface area contributed by atoms with Crippen LogP contribution in [0.15, 0.2) is 12.1 Å². The van der Waals surface area contributed by atoms with Gasteiger partial charge in [0.05, 0.1) is 7.11 Å². The van der Waals surface area contributed by atoms with Crippen molar-refractivity contribution in [2.75, 3.05) is 26.7 Å². The topological polar surface area (TPSA) is 47.3 Å². The van der Waals surface area contributed by atoms with E-state index in [4.69, 9.17) is 10.5 Å². The van der Waals surface area contributed by atoms with Crippen molar-refractivity contribution in [3.05, 3.63) is 28.8 Å². The summed E-state index contributed by atoms with van der Waals surface area (Å²) in [4.78, 5) is 0. The summed E-state index contributed by atoms with van der Waals surface area (Å²) in [5, 5.41) is 3.39. The van der Waals surface area contributed by atoms with Crippen molar-refractivity contribution in [3.63, 3.8) is 0 Å². The minimum Gasteiger partial charge on any atom is -0.496 e. The maximum atomic E-state index is 5.44. The summed E-state index contributed by atoms with van der Waals surface area (Å²) >= 11 is 0. The molecule has 17 heavy (non-hydrogen) atoms. The molecular weight excluding hydrogens is 212 g/mol. The van der Waals surface area contributed by atoms with E-state index in [-0.39, 0.29) is 0 Å². The Balaban J connectivity index is 2.49. The fraction of sp³-hybridized carbons (Fsp3) is 0.571. The van der Waals surface area contributed by atoms with Gasteiger partial charge in [0.15, 0.2) is 0 Å². The van der Waals surface area contributed by atoms with Crippen LogP contribution >= 0.6 is 0 Å². The van der Waals surface area contributed by atoms with Crippen LogP contribution in [0.4, 0.5) is 0 Å². The van der Waals surface area contributed by atoms with Crippen LogP contribution in [-0.2, 0) is 6.42 Å². The first kappa shape index (κ1) is 14.0. The number of aryl methyl sites for hydroxylation is 2. The molecule has 3 nitrogen and oxygen atoms in total. The van der Waals surface area contributed by atoms with Crippen molar-refractivity contribution in [1.29, 1.82) is 0 Å². The summed E-state index contributed by atoms with van der Waals surface area (Å²) in [6.45, 7) is 6.96. The Kier molecular flexibility index (Phi) is 6.01. The van der Waals surface area contributed by atoms with E-state index in [9.17, 15) is 0 Å². The lowest BCUT2D eigenvalue weighted by Gasteiger charge is -2.11. The third kappa shape index (κ3) is 4.36. The largest absolute Gasteiger partial charge is 0.496 e. The zero-order valence-electron chi connectivity index (χ0n) is 11.2. The van der Waals surface area contributed by atoms with Crippen LogP contribution in [0.2, 0.25) is 0 Å². The summed E-state index contributed by atoms with van der Waals surface area (Å²) in [6.07, 6.45) is 2.09. The van der Waals surface area contributed by atoms with Gasteiger partial charge in [0, 0.05) is 0 Å². The molecule has 0 amide bonds. The Morgan fingerprint density at radius 3 is 2.35 bits per heavy atom. The fourth-order valence-corrected chi connectivity index (χ4v) is 2.09. The third-order valence-corrected chi connectivity index (χ3v) is 2.87. The SMILES string of the molecule is COc1c(C)cc(CCNCCCN)cc1C. The van der Waals surface area contributed by atoms with Crippen LogP contribution in [0.25, 0.3) is 0 Å². The van der Waals surface area contributed by atoms with Crippen LogP contribution in [0.1, 0.15) is 23.1 Å². The number of hydrogen-bond acceptors (Lipinski definition) is 3. The van der Waals surface area contributed by atoms with Gasteiger partial charge in [-0.1, -0.05) is 12.1 Å². The Morgan fingerprint density at radius 1 is 1.18 bits per heavy atom. The highest BCUT2D eigenvalue weighted by atomic mass is 16.5. The standard InChI is InChI=1S/C14H24N2O/c1-11-9-13(5-8-16-7-4-6-15)10-12(2)14(11)17-3/h9-10,16H,4-8,15H2,1-3H3. The molecule has 0 heterocycles. The minimum atomic E-state index is 0.758. The summed E-state index contributed by atoms with van der Waals surface area (Å²) in [5.74, 6) is 1.00. The van der Waals surface area contributed by atoms with Crippen LogP contribution in [0.3, 0.4) is 0 Å².